The second kappa shape index (κ2) is 4.50. The highest BCUT2D eigenvalue weighted by atomic mass is 16.1. The van der Waals surface area contributed by atoms with Crippen LogP contribution in [0.5, 0.6) is 0 Å². The number of nitrogens with zero attached hydrogens (tertiary/aromatic N) is 1. The molecule has 0 aromatic heterocycles. The van der Waals surface area contributed by atoms with Gasteiger partial charge in [-0.1, -0.05) is 0 Å². The van der Waals surface area contributed by atoms with Crippen LogP contribution >= 0.6 is 0 Å². The van der Waals surface area contributed by atoms with Crippen LogP contribution in [0.25, 0.3) is 0 Å². The number of aldehydes is 1. The minimum Gasteiger partial charge on any atom is -0.399 e. The molecule has 0 fully saturated rings. The Morgan fingerprint density at radius 3 is 2.46 bits per heavy atom. The van der Waals surface area contributed by atoms with Gasteiger partial charge in [-0.05, 0) is 31.2 Å². The number of rotatable bonds is 4. The highest BCUT2D eigenvalue weighted by Crippen LogP contribution is 2.15. The van der Waals surface area contributed by atoms with Crippen molar-refractivity contribution in [1.29, 1.82) is 0 Å². The number of likely N-dealkylation sites (N-methyl/N-ethyl adjacent to an activating group) is 1. The van der Waals surface area contributed by atoms with E-state index in [2.05, 4.69) is 0 Å². The lowest BCUT2D eigenvalue weighted by Gasteiger charge is -2.19. The van der Waals surface area contributed by atoms with E-state index >= 15 is 0 Å². The summed E-state index contributed by atoms with van der Waals surface area (Å²) in [6.45, 7) is 3.27. The zero-order chi connectivity index (χ0) is 9.68. The van der Waals surface area contributed by atoms with Crippen molar-refractivity contribution >= 4 is 17.7 Å². The lowest BCUT2D eigenvalue weighted by atomic mass is 10.2. The smallest absolute Gasteiger partial charge is 0.139 e. The molecule has 0 radical (unpaired) electrons. The summed E-state index contributed by atoms with van der Waals surface area (Å²) in [5.74, 6) is 0. The van der Waals surface area contributed by atoms with Crippen LogP contribution in [0.15, 0.2) is 24.3 Å². The largest absolute Gasteiger partial charge is 0.399 e. The van der Waals surface area contributed by atoms with Crippen molar-refractivity contribution in [3.05, 3.63) is 24.3 Å². The van der Waals surface area contributed by atoms with Crippen LogP contribution < -0.4 is 10.6 Å². The first kappa shape index (κ1) is 9.58. The van der Waals surface area contributed by atoms with E-state index in [1.54, 1.807) is 0 Å². The number of nitrogen functional groups attached to an aromatic ring is 1. The highest BCUT2D eigenvalue weighted by Gasteiger charge is 2.01. The van der Waals surface area contributed by atoms with E-state index in [-0.39, 0.29) is 0 Å². The van der Waals surface area contributed by atoms with Crippen molar-refractivity contribution in [3.63, 3.8) is 0 Å². The molecule has 0 aliphatic carbocycles. The van der Waals surface area contributed by atoms with Crippen LogP contribution in [0.4, 0.5) is 11.4 Å². The van der Waals surface area contributed by atoms with Gasteiger partial charge in [0.25, 0.3) is 0 Å². The number of hydrogen-bond donors (Lipinski definition) is 1. The number of hydrogen-bond acceptors (Lipinski definition) is 3. The van der Waals surface area contributed by atoms with E-state index in [9.17, 15) is 4.79 Å². The van der Waals surface area contributed by atoms with Gasteiger partial charge in [-0.15, -0.1) is 0 Å². The molecule has 13 heavy (non-hydrogen) atoms. The molecule has 0 unspecified atom stereocenters. The zero-order valence-corrected chi connectivity index (χ0v) is 7.73. The Hall–Kier alpha value is -1.51. The van der Waals surface area contributed by atoms with Crippen LogP contribution in [0.2, 0.25) is 0 Å². The summed E-state index contributed by atoms with van der Waals surface area (Å²) in [6.07, 6.45) is 0.903. The molecular weight excluding hydrogens is 164 g/mol. The van der Waals surface area contributed by atoms with Gasteiger partial charge >= 0.3 is 0 Å². The summed E-state index contributed by atoms with van der Waals surface area (Å²) >= 11 is 0. The van der Waals surface area contributed by atoms with Gasteiger partial charge in [-0.2, -0.15) is 0 Å². The number of benzene rings is 1. The molecule has 0 saturated heterocycles. The third-order valence-corrected chi connectivity index (χ3v) is 1.93. The molecular formula is C10H14N2O. The second-order valence-electron chi connectivity index (χ2n) is 2.80. The number of carbonyl (C=O) groups is 1. The Morgan fingerprint density at radius 2 is 2.00 bits per heavy atom. The van der Waals surface area contributed by atoms with Crippen LogP contribution in [0, 0.1) is 0 Å². The Bertz CT molecular complexity index is 269. The topological polar surface area (TPSA) is 46.3 Å². The van der Waals surface area contributed by atoms with Gasteiger partial charge in [0.1, 0.15) is 6.29 Å². The molecule has 1 aromatic rings. The maximum atomic E-state index is 10.3. The summed E-state index contributed by atoms with van der Waals surface area (Å²) in [5, 5.41) is 0. The Labute approximate surface area is 78.2 Å². The van der Waals surface area contributed by atoms with E-state index in [0.717, 1.165) is 24.2 Å². The Kier molecular flexibility index (Phi) is 3.31. The molecule has 3 nitrogen and oxygen atoms in total. The molecule has 0 aliphatic heterocycles. The lowest BCUT2D eigenvalue weighted by Crippen LogP contribution is -2.24. The molecule has 0 spiro atoms. The average Bonchev–Trinajstić information content (AvgIpc) is 2.16. The SMILES string of the molecule is CCN(CC=O)c1ccc(N)cc1. The zero-order valence-electron chi connectivity index (χ0n) is 7.73. The maximum Gasteiger partial charge on any atom is 0.139 e. The normalized spacial score (nSPS) is 9.62. The van der Waals surface area contributed by atoms with Crippen molar-refractivity contribution < 1.29 is 4.79 Å². The quantitative estimate of drug-likeness (QED) is 0.558. The molecule has 0 amide bonds. The van der Waals surface area contributed by atoms with Crippen LogP contribution in [0.1, 0.15) is 6.92 Å². The van der Waals surface area contributed by atoms with E-state index in [0.29, 0.717) is 6.54 Å². The molecule has 70 valence electrons. The molecule has 2 N–H and O–H groups in total. The number of carbonyl (C=O) groups excluding carboxylic acids is 1. The second-order valence-corrected chi connectivity index (χ2v) is 2.80. The van der Waals surface area contributed by atoms with Crippen LogP contribution in [-0.2, 0) is 4.79 Å². The summed E-state index contributed by atoms with van der Waals surface area (Å²) in [4.78, 5) is 12.3. The van der Waals surface area contributed by atoms with E-state index in [4.69, 9.17) is 5.73 Å². The van der Waals surface area contributed by atoms with Crippen molar-refractivity contribution in [2.45, 2.75) is 6.92 Å². The van der Waals surface area contributed by atoms with E-state index in [1.807, 2.05) is 36.1 Å². The lowest BCUT2D eigenvalue weighted by molar-refractivity contribution is -0.106. The fourth-order valence-electron chi connectivity index (χ4n) is 1.19. The van der Waals surface area contributed by atoms with Crippen molar-refractivity contribution in [2.75, 3.05) is 23.7 Å². The summed E-state index contributed by atoms with van der Waals surface area (Å²) in [7, 11) is 0. The van der Waals surface area contributed by atoms with E-state index in [1.165, 1.54) is 0 Å². The molecule has 3 heteroatoms. The molecule has 1 aromatic carbocycles. The fourth-order valence-corrected chi connectivity index (χ4v) is 1.19. The van der Waals surface area contributed by atoms with Gasteiger partial charge in [0.2, 0.25) is 0 Å². The molecule has 0 atom stereocenters. The monoisotopic (exact) mass is 178 g/mol. The van der Waals surface area contributed by atoms with Gasteiger partial charge in [0.15, 0.2) is 0 Å². The third kappa shape index (κ3) is 2.47. The van der Waals surface area contributed by atoms with Gasteiger partial charge in [0.05, 0.1) is 6.54 Å². The predicted molar refractivity (Wildman–Crippen MR) is 54.8 cm³/mol. The molecule has 0 aliphatic rings. The first-order valence-corrected chi connectivity index (χ1v) is 4.32. The summed E-state index contributed by atoms with van der Waals surface area (Å²) in [5.41, 5.74) is 7.33. The minimum atomic E-state index is 0.431. The maximum absolute atomic E-state index is 10.3. The molecule has 1 rings (SSSR count). The summed E-state index contributed by atoms with van der Waals surface area (Å²) in [6, 6.07) is 7.51. The highest BCUT2D eigenvalue weighted by molar-refractivity contribution is 5.62. The van der Waals surface area contributed by atoms with Gasteiger partial charge in [-0.3, -0.25) is 0 Å². The van der Waals surface area contributed by atoms with Crippen LogP contribution in [-0.4, -0.2) is 19.4 Å². The van der Waals surface area contributed by atoms with Crippen molar-refractivity contribution in [3.8, 4) is 0 Å². The van der Waals surface area contributed by atoms with Crippen molar-refractivity contribution in [1.82, 2.24) is 0 Å². The van der Waals surface area contributed by atoms with E-state index < -0.39 is 0 Å². The average molecular weight is 178 g/mol. The van der Waals surface area contributed by atoms with Gasteiger partial charge < -0.3 is 15.4 Å². The first-order chi connectivity index (χ1) is 6.27. The standard InChI is InChI=1S/C10H14N2O/c1-2-12(7-8-13)10-5-3-9(11)4-6-10/h3-6,8H,2,7,11H2,1H3. The number of anilines is 2. The fraction of sp³-hybridized carbons (Fsp3) is 0.300. The Morgan fingerprint density at radius 1 is 1.38 bits per heavy atom. The van der Waals surface area contributed by atoms with Gasteiger partial charge in [-0.25, -0.2) is 0 Å². The Balaban J connectivity index is 2.78. The minimum absolute atomic E-state index is 0.431. The van der Waals surface area contributed by atoms with Crippen molar-refractivity contribution in [2.24, 2.45) is 0 Å². The van der Waals surface area contributed by atoms with Gasteiger partial charge in [0, 0.05) is 17.9 Å². The first-order valence-electron chi connectivity index (χ1n) is 4.32. The van der Waals surface area contributed by atoms with Crippen LogP contribution in [0.3, 0.4) is 0 Å². The summed E-state index contributed by atoms with van der Waals surface area (Å²) < 4.78 is 0. The molecule has 0 heterocycles. The molecule has 0 saturated carbocycles. The molecule has 0 bridgehead atoms. The predicted octanol–water partition coefficient (Wildman–Crippen LogP) is 1.29. The number of nitrogens with two attached hydrogens (primary N) is 1. The third-order valence-electron chi connectivity index (χ3n) is 1.93.